The van der Waals surface area contributed by atoms with Gasteiger partial charge in [-0.25, -0.2) is 0 Å². The van der Waals surface area contributed by atoms with Crippen LogP contribution >= 0.6 is 0 Å². The van der Waals surface area contributed by atoms with Crippen LogP contribution in [0.4, 0.5) is 17.1 Å². The predicted molar refractivity (Wildman–Crippen MR) is 74.4 cm³/mol. The molecule has 19 heavy (non-hydrogen) atoms. The van der Waals surface area contributed by atoms with Crippen LogP contribution in [-0.4, -0.2) is 5.91 Å². The molecule has 0 spiro atoms. The quantitative estimate of drug-likeness (QED) is 0.710. The summed E-state index contributed by atoms with van der Waals surface area (Å²) in [5, 5.41) is 11.7. The van der Waals surface area contributed by atoms with Crippen molar-refractivity contribution in [1.82, 2.24) is 0 Å². The standard InChI is InChI=1S/C14H12N4O/c15-8-9-7-11(17)3-6-13(9)14(19)18-12-4-1-10(16)2-5-12/h1-7H,16-17H2,(H,18,19). The fourth-order valence-electron chi connectivity index (χ4n) is 1.62. The van der Waals surface area contributed by atoms with Gasteiger partial charge in [0.25, 0.3) is 5.91 Å². The maximum Gasteiger partial charge on any atom is 0.257 e. The highest BCUT2D eigenvalue weighted by Crippen LogP contribution is 2.16. The molecule has 0 atom stereocenters. The fourth-order valence-corrected chi connectivity index (χ4v) is 1.62. The Morgan fingerprint density at radius 3 is 2.32 bits per heavy atom. The van der Waals surface area contributed by atoms with Gasteiger partial charge in [-0.2, -0.15) is 5.26 Å². The van der Waals surface area contributed by atoms with E-state index in [9.17, 15) is 4.79 Å². The van der Waals surface area contributed by atoms with E-state index in [-0.39, 0.29) is 17.0 Å². The van der Waals surface area contributed by atoms with Crippen molar-refractivity contribution in [2.45, 2.75) is 0 Å². The van der Waals surface area contributed by atoms with E-state index < -0.39 is 0 Å². The van der Waals surface area contributed by atoms with Crippen LogP contribution < -0.4 is 16.8 Å². The van der Waals surface area contributed by atoms with E-state index >= 15 is 0 Å². The third-order valence-corrected chi connectivity index (χ3v) is 2.58. The first-order chi connectivity index (χ1) is 9.10. The fraction of sp³-hybridized carbons (Fsp3) is 0. The summed E-state index contributed by atoms with van der Waals surface area (Å²) in [4.78, 5) is 12.1. The van der Waals surface area contributed by atoms with Crippen LogP contribution in [0.5, 0.6) is 0 Å². The van der Waals surface area contributed by atoms with Crippen molar-refractivity contribution in [2.24, 2.45) is 0 Å². The van der Waals surface area contributed by atoms with E-state index in [0.717, 1.165) is 0 Å². The SMILES string of the molecule is N#Cc1cc(N)ccc1C(=O)Nc1ccc(N)cc1. The van der Waals surface area contributed by atoms with Crippen molar-refractivity contribution in [1.29, 1.82) is 5.26 Å². The molecule has 0 unspecified atom stereocenters. The van der Waals surface area contributed by atoms with Gasteiger partial charge >= 0.3 is 0 Å². The van der Waals surface area contributed by atoms with Gasteiger partial charge < -0.3 is 16.8 Å². The molecule has 94 valence electrons. The van der Waals surface area contributed by atoms with E-state index in [4.69, 9.17) is 16.7 Å². The third kappa shape index (κ3) is 2.82. The highest BCUT2D eigenvalue weighted by atomic mass is 16.1. The molecule has 0 aliphatic rings. The molecule has 0 fully saturated rings. The van der Waals surface area contributed by atoms with Crippen LogP contribution in [0.15, 0.2) is 42.5 Å². The molecule has 0 aliphatic heterocycles. The number of nitrogen functional groups attached to an aromatic ring is 2. The molecule has 0 saturated carbocycles. The summed E-state index contributed by atoms with van der Waals surface area (Å²) < 4.78 is 0. The lowest BCUT2D eigenvalue weighted by molar-refractivity contribution is 0.102. The molecule has 0 saturated heterocycles. The van der Waals surface area contributed by atoms with Gasteiger partial charge in [0.15, 0.2) is 0 Å². The largest absolute Gasteiger partial charge is 0.399 e. The number of nitrogens with two attached hydrogens (primary N) is 2. The number of carbonyl (C=O) groups excluding carboxylic acids is 1. The van der Waals surface area contributed by atoms with Gasteiger partial charge in [0.2, 0.25) is 0 Å². The molecular formula is C14H12N4O. The molecular weight excluding hydrogens is 240 g/mol. The molecule has 0 radical (unpaired) electrons. The lowest BCUT2D eigenvalue weighted by atomic mass is 10.1. The zero-order valence-corrected chi connectivity index (χ0v) is 10.1. The molecule has 5 heteroatoms. The van der Waals surface area contributed by atoms with Crippen molar-refractivity contribution in [3.8, 4) is 6.07 Å². The second-order valence-corrected chi connectivity index (χ2v) is 3.99. The Hall–Kier alpha value is -3.00. The number of benzene rings is 2. The van der Waals surface area contributed by atoms with Gasteiger partial charge in [-0.05, 0) is 42.5 Å². The van der Waals surface area contributed by atoms with Crippen LogP contribution in [0.2, 0.25) is 0 Å². The van der Waals surface area contributed by atoms with Crippen LogP contribution in [0.3, 0.4) is 0 Å². The van der Waals surface area contributed by atoms with Crippen LogP contribution in [0, 0.1) is 11.3 Å². The minimum Gasteiger partial charge on any atom is -0.399 e. The van der Waals surface area contributed by atoms with Crippen molar-refractivity contribution < 1.29 is 4.79 Å². The summed E-state index contributed by atoms with van der Waals surface area (Å²) in [5.41, 5.74) is 13.3. The van der Waals surface area contributed by atoms with Crippen LogP contribution in [-0.2, 0) is 0 Å². The van der Waals surface area contributed by atoms with E-state index in [1.165, 1.54) is 12.1 Å². The predicted octanol–water partition coefficient (Wildman–Crippen LogP) is 1.97. The summed E-state index contributed by atoms with van der Waals surface area (Å²) in [6.45, 7) is 0. The Balaban J connectivity index is 2.25. The van der Waals surface area contributed by atoms with Crippen LogP contribution in [0.25, 0.3) is 0 Å². The maximum atomic E-state index is 12.1. The minimum absolute atomic E-state index is 0.243. The molecule has 0 heterocycles. The first kappa shape index (κ1) is 12.5. The maximum absolute atomic E-state index is 12.1. The number of carbonyl (C=O) groups is 1. The van der Waals surface area contributed by atoms with Gasteiger partial charge in [0.1, 0.15) is 6.07 Å². The molecule has 5 N–H and O–H groups in total. The first-order valence-electron chi connectivity index (χ1n) is 5.56. The zero-order valence-electron chi connectivity index (χ0n) is 10.1. The summed E-state index contributed by atoms with van der Waals surface area (Å²) >= 11 is 0. The van der Waals surface area contributed by atoms with E-state index in [0.29, 0.717) is 17.1 Å². The first-order valence-corrected chi connectivity index (χ1v) is 5.56. The summed E-state index contributed by atoms with van der Waals surface area (Å²) in [7, 11) is 0. The summed E-state index contributed by atoms with van der Waals surface area (Å²) in [5.74, 6) is -0.360. The molecule has 2 aromatic rings. The number of amides is 1. The highest BCUT2D eigenvalue weighted by molar-refractivity contribution is 6.06. The average molecular weight is 252 g/mol. The Morgan fingerprint density at radius 1 is 1.05 bits per heavy atom. The Kier molecular flexibility index (Phi) is 3.35. The summed E-state index contributed by atoms with van der Waals surface area (Å²) in [6.07, 6.45) is 0. The zero-order chi connectivity index (χ0) is 13.8. The lowest BCUT2D eigenvalue weighted by Gasteiger charge is -2.07. The molecule has 2 aromatic carbocycles. The smallest absolute Gasteiger partial charge is 0.257 e. The molecule has 0 bridgehead atoms. The number of hydrogen-bond donors (Lipinski definition) is 3. The van der Waals surface area contributed by atoms with E-state index in [1.807, 2.05) is 6.07 Å². The van der Waals surface area contributed by atoms with Crippen molar-refractivity contribution in [2.75, 3.05) is 16.8 Å². The number of rotatable bonds is 2. The van der Waals surface area contributed by atoms with Gasteiger partial charge in [-0.1, -0.05) is 0 Å². The molecule has 2 rings (SSSR count). The Labute approximate surface area is 110 Å². The topological polar surface area (TPSA) is 105 Å². The number of anilines is 3. The average Bonchev–Trinajstić information content (AvgIpc) is 2.41. The molecule has 5 nitrogen and oxygen atoms in total. The molecule has 0 aromatic heterocycles. The highest BCUT2D eigenvalue weighted by Gasteiger charge is 2.11. The normalized spacial score (nSPS) is 9.63. The Bertz CT molecular complexity index is 656. The van der Waals surface area contributed by atoms with Crippen molar-refractivity contribution in [3.05, 3.63) is 53.6 Å². The lowest BCUT2D eigenvalue weighted by Crippen LogP contribution is -2.13. The Morgan fingerprint density at radius 2 is 1.68 bits per heavy atom. The van der Waals surface area contributed by atoms with Gasteiger partial charge in [0, 0.05) is 17.1 Å². The third-order valence-electron chi connectivity index (χ3n) is 2.58. The van der Waals surface area contributed by atoms with Gasteiger partial charge in [-0.3, -0.25) is 4.79 Å². The number of hydrogen-bond acceptors (Lipinski definition) is 4. The molecule has 0 aliphatic carbocycles. The molecule has 1 amide bonds. The number of nitriles is 1. The van der Waals surface area contributed by atoms with Gasteiger partial charge in [-0.15, -0.1) is 0 Å². The van der Waals surface area contributed by atoms with Crippen LogP contribution in [0.1, 0.15) is 15.9 Å². The second-order valence-electron chi connectivity index (χ2n) is 3.99. The number of nitrogens with one attached hydrogen (secondary N) is 1. The van der Waals surface area contributed by atoms with E-state index in [2.05, 4.69) is 5.32 Å². The monoisotopic (exact) mass is 252 g/mol. The van der Waals surface area contributed by atoms with Crippen molar-refractivity contribution in [3.63, 3.8) is 0 Å². The second kappa shape index (κ2) is 5.10. The minimum atomic E-state index is -0.360. The van der Waals surface area contributed by atoms with Gasteiger partial charge in [0.05, 0.1) is 11.1 Å². The van der Waals surface area contributed by atoms with Crippen molar-refractivity contribution >= 4 is 23.0 Å². The number of nitrogens with zero attached hydrogens (tertiary/aromatic N) is 1. The van der Waals surface area contributed by atoms with E-state index in [1.54, 1.807) is 30.3 Å². The summed E-state index contributed by atoms with van der Waals surface area (Å²) in [6, 6.07) is 13.3.